The van der Waals surface area contributed by atoms with E-state index in [-0.39, 0.29) is 11.7 Å². The van der Waals surface area contributed by atoms with Crippen LogP contribution in [0.3, 0.4) is 0 Å². The van der Waals surface area contributed by atoms with Crippen molar-refractivity contribution in [3.63, 3.8) is 0 Å². The lowest BCUT2D eigenvalue weighted by atomic mass is 10.1. The molecule has 0 saturated carbocycles. The number of rotatable bonds is 3. The normalized spacial score (nSPS) is 22.7. The van der Waals surface area contributed by atoms with Crippen molar-refractivity contribution >= 4 is 15.9 Å². The van der Waals surface area contributed by atoms with Gasteiger partial charge >= 0.3 is 0 Å². The summed E-state index contributed by atoms with van der Waals surface area (Å²) in [7, 11) is 0. The van der Waals surface area contributed by atoms with Gasteiger partial charge in [-0.05, 0) is 67.2 Å². The second-order valence-electron chi connectivity index (χ2n) is 5.28. The van der Waals surface area contributed by atoms with Gasteiger partial charge in [0.1, 0.15) is 12.4 Å². The molecule has 0 radical (unpaired) electrons. The Balaban J connectivity index is 1.90. The van der Waals surface area contributed by atoms with Gasteiger partial charge in [-0.2, -0.15) is 0 Å². The molecule has 1 aliphatic rings. The van der Waals surface area contributed by atoms with Gasteiger partial charge < -0.3 is 9.47 Å². The van der Waals surface area contributed by atoms with Gasteiger partial charge in [0.05, 0.1) is 16.2 Å². The van der Waals surface area contributed by atoms with E-state index in [1.807, 2.05) is 6.07 Å². The SMILES string of the molecule is Cc1ccc(OCC2CCC(C)(C)O2)c(Br)c1. The maximum atomic E-state index is 5.89. The van der Waals surface area contributed by atoms with E-state index in [9.17, 15) is 0 Å². The lowest BCUT2D eigenvalue weighted by Gasteiger charge is -2.19. The monoisotopic (exact) mass is 298 g/mol. The van der Waals surface area contributed by atoms with Crippen molar-refractivity contribution in [1.29, 1.82) is 0 Å². The second kappa shape index (κ2) is 4.99. The molecule has 0 amide bonds. The highest BCUT2D eigenvalue weighted by Gasteiger charge is 2.31. The van der Waals surface area contributed by atoms with Crippen LogP contribution >= 0.6 is 15.9 Å². The molecule has 1 fully saturated rings. The molecule has 2 rings (SSSR count). The van der Waals surface area contributed by atoms with Gasteiger partial charge in [-0.25, -0.2) is 0 Å². The molecular formula is C14H19BrO2. The fraction of sp³-hybridized carbons (Fsp3) is 0.571. The number of hydrogen-bond acceptors (Lipinski definition) is 2. The van der Waals surface area contributed by atoms with Crippen LogP contribution in [0, 0.1) is 6.92 Å². The molecule has 1 aromatic rings. The minimum absolute atomic E-state index is 0.0124. The average molecular weight is 299 g/mol. The minimum atomic E-state index is 0.0124. The lowest BCUT2D eigenvalue weighted by Crippen LogP contribution is -2.23. The maximum Gasteiger partial charge on any atom is 0.133 e. The highest BCUT2D eigenvalue weighted by molar-refractivity contribution is 9.10. The summed E-state index contributed by atoms with van der Waals surface area (Å²) in [5.41, 5.74) is 1.24. The Morgan fingerprint density at radius 3 is 2.82 bits per heavy atom. The highest BCUT2D eigenvalue weighted by atomic mass is 79.9. The molecule has 1 aromatic carbocycles. The van der Waals surface area contributed by atoms with Crippen LogP contribution in [0.25, 0.3) is 0 Å². The quantitative estimate of drug-likeness (QED) is 0.837. The molecule has 0 spiro atoms. The van der Waals surface area contributed by atoms with Crippen LogP contribution in [0.15, 0.2) is 22.7 Å². The van der Waals surface area contributed by atoms with Crippen molar-refractivity contribution < 1.29 is 9.47 Å². The fourth-order valence-corrected chi connectivity index (χ4v) is 2.71. The predicted molar refractivity (Wildman–Crippen MR) is 72.6 cm³/mol. The molecule has 1 unspecified atom stereocenters. The van der Waals surface area contributed by atoms with E-state index < -0.39 is 0 Å². The van der Waals surface area contributed by atoms with Crippen LogP contribution in [0.1, 0.15) is 32.3 Å². The van der Waals surface area contributed by atoms with Crippen LogP contribution in [0.2, 0.25) is 0 Å². The zero-order valence-electron chi connectivity index (χ0n) is 10.6. The van der Waals surface area contributed by atoms with Crippen molar-refractivity contribution in [1.82, 2.24) is 0 Å². The van der Waals surface area contributed by atoms with Crippen molar-refractivity contribution in [3.8, 4) is 5.75 Å². The third-order valence-corrected chi connectivity index (χ3v) is 3.69. The molecular weight excluding hydrogens is 280 g/mol. The Morgan fingerprint density at radius 2 is 2.24 bits per heavy atom. The third kappa shape index (κ3) is 3.46. The van der Waals surface area contributed by atoms with Gasteiger partial charge in [0.15, 0.2) is 0 Å². The molecule has 1 atom stereocenters. The molecule has 1 saturated heterocycles. The van der Waals surface area contributed by atoms with Gasteiger partial charge in [0.2, 0.25) is 0 Å². The summed E-state index contributed by atoms with van der Waals surface area (Å²) >= 11 is 3.51. The van der Waals surface area contributed by atoms with Crippen molar-refractivity contribution in [3.05, 3.63) is 28.2 Å². The number of aryl methyl sites for hydroxylation is 1. The van der Waals surface area contributed by atoms with Gasteiger partial charge in [0, 0.05) is 0 Å². The van der Waals surface area contributed by atoms with Crippen molar-refractivity contribution in [2.24, 2.45) is 0 Å². The van der Waals surface area contributed by atoms with Gasteiger partial charge in [-0.15, -0.1) is 0 Å². The molecule has 1 heterocycles. The van der Waals surface area contributed by atoms with Crippen molar-refractivity contribution in [2.45, 2.75) is 45.3 Å². The first-order chi connectivity index (χ1) is 7.96. The van der Waals surface area contributed by atoms with Gasteiger partial charge in [0.25, 0.3) is 0 Å². The number of halogens is 1. The Morgan fingerprint density at radius 1 is 1.47 bits per heavy atom. The molecule has 0 bridgehead atoms. The van der Waals surface area contributed by atoms with Crippen LogP contribution < -0.4 is 4.74 Å². The summed E-state index contributed by atoms with van der Waals surface area (Å²) in [6.07, 6.45) is 2.41. The summed E-state index contributed by atoms with van der Waals surface area (Å²) in [5, 5.41) is 0. The molecule has 3 heteroatoms. The summed E-state index contributed by atoms with van der Waals surface area (Å²) in [5.74, 6) is 0.893. The van der Waals surface area contributed by atoms with E-state index in [2.05, 4.69) is 48.8 Å². The second-order valence-corrected chi connectivity index (χ2v) is 6.14. The topological polar surface area (TPSA) is 18.5 Å². The largest absolute Gasteiger partial charge is 0.490 e. The number of ether oxygens (including phenoxy) is 2. The Bertz CT molecular complexity index is 401. The third-order valence-electron chi connectivity index (χ3n) is 3.07. The first kappa shape index (κ1) is 12.9. The van der Waals surface area contributed by atoms with E-state index in [0.717, 1.165) is 23.1 Å². The first-order valence-corrected chi connectivity index (χ1v) is 6.82. The fourth-order valence-electron chi connectivity index (χ4n) is 2.10. The maximum absolute atomic E-state index is 5.89. The molecule has 0 N–H and O–H groups in total. The summed E-state index contributed by atoms with van der Waals surface area (Å²) in [6.45, 7) is 6.96. The summed E-state index contributed by atoms with van der Waals surface area (Å²) < 4.78 is 12.7. The minimum Gasteiger partial charge on any atom is -0.490 e. The average Bonchev–Trinajstić information content (AvgIpc) is 2.57. The van der Waals surface area contributed by atoms with E-state index in [0.29, 0.717) is 6.61 Å². The van der Waals surface area contributed by atoms with Crippen LogP contribution in [0.4, 0.5) is 0 Å². The molecule has 1 aliphatic heterocycles. The summed E-state index contributed by atoms with van der Waals surface area (Å²) in [6, 6.07) is 6.12. The Kier molecular flexibility index (Phi) is 3.79. The standard InChI is InChI=1S/C14H19BrO2/c1-10-4-5-13(12(15)8-10)16-9-11-6-7-14(2,3)17-11/h4-5,8,11H,6-7,9H2,1-3H3. The molecule has 2 nitrogen and oxygen atoms in total. The number of hydrogen-bond donors (Lipinski definition) is 0. The summed E-state index contributed by atoms with van der Waals surface area (Å²) in [4.78, 5) is 0. The van der Waals surface area contributed by atoms with E-state index in [1.54, 1.807) is 0 Å². The van der Waals surface area contributed by atoms with E-state index in [4.69, 9.17) is 9.47 Å². The van der Waals surface area contributed by atoms with Gasteiger partial charge in [-0.3, -0.25) is 0 Å². The highest BCUT2D eigenvalue weighted by Crippen LogP contribution is 2.31. The smallest absolute Gasteiger partial charge is 0.133 e. The van der Waals surface area contributed by atoms with E-state index >= 15 is 0 Å². The molecule has 17 heavy (non-hydrogen) atoms. The zero-order valence-corrected chi connectivity index (χ0v) is 12.2. The van der Waals surface area contributed by atoms with Crippen LogP contribution in [0.5, 0.6) is 5.75 Å². The lowest BCUT2D eigenvalue weighted by molar-refractivity contribution is -0.0327. The van der Waals surface area contributed by atoms with Crippen molar-refractivity contribution in [2.75, 3.05) is 6.61 Å². The first-order valence-electron chi connectivity index (χ1n) is 6.03. The number of benzene rings is 1. The zero-order chi connectivity index (χ0) is 12.5. The Hall–Kier alpha value is -0.540. The molecule has 0 aromatic heterocycles. The van der Waals surface area contributed by atoms with Gasteiger partial charge in [-0.1, -0.05) is 6.07 Å². The molecule has 0 aliphatic carbocycles. The molecule has 94 valence electrons. The Labute approximate surface area is 111 Å². The van der Waals surface area contributed by atoms with E-state index in [1.165, 1.54) is 5.56 Å². The predicted octanol–water partition coefficient (Wildman–Crippen LogP) is 4.09. The van der Waals surface area contributed by atoms with Crippen LogP contribution in [-0.4, -0.2) is 18.3 Å². The van der Waals surface area contributed by atoms with Crippen LogP contribution in [-0.2, 0) is 4.74 Å².